The molecule has 4 aromatic rings. The highest BCUT2D eigenvalue weighted by Crippen LogP contribution is 2.47. The Morgan fingerprint density at radius 2 is 1.97 bits per heavy atom. The van der Waals surface area contributed by atoms with Gasteiger partial charge in [-0.2, -0.15) is 14.0 Å². The van der Waals surface area contributed by atoms with Gasteiger partial charge in [-0.1, -0.05) is 29.4 Å². The third kappa shape index (κ3) is 5.42. The van der Waals surface area contributed by atoms with Crippen LogP contribution in [0.4, 0.5) is 13.9 Å². The Balaban J connectivity index is 1.27. The first-order chi connectivity index (χ1) is 18.4. The van der Waals surface area contributed by atoms with Crippen molar-refractivity contribution < 1.29 is 23.0 Å². The van der Waals surface area contributed by atoms with Gasteiger partial charge in [-0.15, -0.1) is 5.10 Å². The van der Waals surface area contributed by atoms with Crippen LogP contribution in [0.1, 0.15) is 40.2 Å². The van der Waals surface area contributed by atoms with Crippen LogP contribution in [0.5, 0.6) is 10.9 Å². The summed E-state index contributed by atoms with van der Waals surface area (Å²) in [7, 11) is 0. The number of halogens is 2. The molecule has 1 aliphatic rings. The van der Waals surface area contributed by atoms with Crippen molar-refractivity contribution in [3.05, 3.63) is 77.4 Å². The van der Waals surface area contributed by atoms with Gasteiger partial charge in [0.15, 0.2) is 0 Å². The van der Waals surface area contributed by atoms with E-state index in [4.69, 9.17) is 4.74 Å². The summed E-state index contributed by atoms with van der Waals surface area (Å²) in [6, 6.07) is 13.9. The number of hydrogen-bond donors (Lipinski definition) is 1. The van der Waals surface area contributed by atoms with Crippen molar-refractivity contribution in [3.8, 4) is 28.1 Å². The highest BCUT2D eigenvalue weighted by Gasteiger charge is 2.45. The van der Waals surface area contributed by atoms with Crippen molar-refractivity contribution in [2.24, 2.45) is 0 Å². The van der Waals surface area contributed by atoms with E-state index in [2.05, 4.69) is 36.3 Å². The molecule has 0 aliphatic heterocycles. The number of carbonyl (C=O) groups is 1. The molecule has 0 spiro atoms. The molecule has 192 valence electrons. The van der Waals surface area contributed by atoms with E-state index >= 15 is 0 Å². The number of amides is 1. The number of aromatic nitrogens is 4. The number of hydrogen-bond acceptors (Lipinski definition) is 9. The maximum atomic E-state index is 13.1. The number of pyridine rings is 2. The smallest absolute Gasteiger partial charge is 0.387 e. The van der Waals surface area contributed by atoms with E-state index in [0.29, 0.717) is 22.5 Å². The van der Waals surface area contributed by atoms with E-state index in [1.54, 1.807) is 43.5 Å². The Morgan fingerprint density at radius 3 is 2.68 bits per heavy atom. The van der Waals surface area contributed by atoms with Gasteiger partial charge in [-0.05, 0) is 54.9 Å². The molecule has 9 nitrogen and oxygen atoms in total. The average Bonchev–Trinajstić information content (AvgIpc) is 3.59. The van der Waals surface area contributed by atoms with Crippen LogP contribution >= 0.6 is 11.3 Å². The van der Waals surface area contributed by atoms with Crippen molar-refractivity contribution in [1.82, 2.24) is 20.2 Å². The lowest BCUT2D eigenvalue weighted by Gasteiger charge is -2.14. The Morgan fingerprint density at radius 1 is 1.16 bits per heavy atom. The summed E-state index contributed by atoms with van der Waals surface area (Å²) >= 11 is 1.02. The van der Waals surface area contributed by atoms with Gasteiger partial charge in [-0.3, -0.25) is 20.1 Å². The summed E-state index contributed by atoms with van der Waals surface area (Å²) in [4.78, 5) is 21.7. The maximum absolute atomic E-state index is 13.1. The fourth-order valence-corrected chi connectivity index (χ4v) is 4.44. The van der Waals surface area contributed by atoms with Crippen molar-refractivity contribution in [2.75, 3.05) is 5.32 Å². The van der Waals surface area contributed by atoms with Gasteiger partial charge in [0.25, 0.3) is 11.1 Å². The number of carbonyl (C=O) groups excluding carboxylic acids is 1. The number of alkyl halides is 2. The second kappa shape index (κ2) is 10.5. The Hall–Kier alpha value is -4.50. The fourth-order valence-electron chi connectivity index (χ4n) is 3.85. The van der Waals surface area contributed by atoms with Crippen LogP contribution in [0, 0.1) is 18.3 Å². The standard InChI is InChI=1S/C26H20F2N6O3S/c1-15-10-19(18-4-2-3-5-21(18)37-23(27)28)20(12-30-15)22(35)32-24-33-34-25(38-24)36-13-17-7-6-16(11-31-17)26(14-29)8-9-26/h2-7,10-12,23H,8-9,13H2,1H3,(H,32,33,35). The van der Waals surface area contributed by atoms with Gasteiger partial charge >= 0.3 is 6.61 Å². The Bertz CT molecular complexity index is 1520. The first-order valence-corrected chi connectivity index (χ1v) is 12.3. The number of nitrogens with one attached hydrogen (secondary N) is 1. The number of para-hydroxylation sites is 1. The predicted octanol–water partition coefficient (Wildman–Crippen LogP) is 5.29. The number of ether oxygens (including phenoxy) is 2. The van der Waals surface area contributed by atoms with Crippen molar-refractivity contribution in [1.29, 1.82) is 5.26 Å². The number of benzene rings is 1. The Labute approximate surface area is 220 Å². The van der Waals surface area contributed by atoms with E-state index < -0.39 is 17.9 Å². The first-order valence-electron chi connectivity index (χ1n) is 11.5. The third-order valence-electron chi connectivity index (χ3n) is 5.99. The largest absolute Gasteiger partial charge is 0.462 e. The molecular weight excluding hydrogens is 514 g/mol. The SMILES string of the molecule is Cc1cc(-c2ccccc2OC(F)F)c(C(=O)Nc2nnc(OCc3ccc(C4(C#N)CC4)cn3)s2)cn1. The highest BCUT2D eigenvalue weighted by atomic mass is 32.1. The molecular formula is C26H20F2N6O3S. The van der Waals surface area contributed by atoms with Gasteiger partial charge < -0.3 is 9.47 Å². The molecule has 3 aromatic heterocycles. The summed E-state index contributed by atoms with van der Waals surface area (Å²) < 4.78 is 36.2. The summed E-state index contributed by atoms with van der Waals surface area (Å²) in [5.41, 5.74) is 2.60. The second-order valence-electron chi connectivity index (χ2n) is 8.59. The first kappa shape index (κ1) is 25.2. The van der Waals surface area contributed by atoms with Gasteiger partial charge in [0.05, 0.1) is 22.7 Å². The van der Waals surface area contributed by atoms with E-state index in [-0.39, 0.29) is 28.2 Å². The topological polar surface area (TPSA) is 123 Å². The van der Waals surface area contributed by atoms with Crippen LogP contribution < -0.4 is 14.8 Å². The van der Waals surface area contributed by atoms with E-state index in [1.165, 1.54) is 12.3 Å². The molecule has 1 saturated carbocycles. The average molecular weight is 535 g/mol. The summed E-state index contributed by atoms with van der Waals surface area (Å²) in [6.07, 6.45) is 4.75. The molecule has 0 saturated heterocycles. The molecule has 1 aliphatic carbocycles. The van der Waals surface area contributed by atoms with Gasteiger partial charge in [-0.25, -0.2) is 0 Å². The van der Waals surface area contributed by atoms with Gasteiger partial charge in [0.1, 0.15) is 12.4 Å². The van der Waals surface area contributed by atoms with Crippen molar-refractivity contribution in [3.63, 3.8) is 0 Å². The molecule has 0 unspecified atom stereocenters. The zero-order chi connectivity index (χ0) is 26.7. The number of rotatable bonds is 9. The molecule has 3 heterocycles. The van der Waals surface area contributed by atoms with Crippen molar-refractivity contribution in [2.45, 2.75) is 38.4 Å². The summed E-state index contributed by atoms with van der Waals surface area (Å²) in [5.74, 6) is -0.610. The number of nitrogens with zero attached hydrogens (tertiary/aromatic N) is 5. The van der Waals surface area contributed by atoms with E-state index in [0.717, 1.165) is 29.7 Å². The minimum absolute atomic E-state index is 0.0599. The molecule has 1 N–H and O–H groups in total. The number of aryl methyl sites for hydroxylation is 1. The molecule has 0 atom stereocenters. The van der Waals surface area contributed by atoms with E-state index in [9.17, 15) is 18.8 Å². The lowest BCUT2D eigenvalue weighted by molar-refractivity contribution is -0.0494. The molecule has 5 rings (SSSR count). The summed E-state index contributed by atoms with van der Waals surface area (Å²) in [5, 5.41) is 20.3. The minimum Gasteiger partial charge on any atom is -0.462 e. The zero-order valence-electron chi connectivity index (χ0n) is 20.0. The molecule has 38 heavy (non-hydrogen) atoms. The van der Waals surface area contributed by atoms with Crippen LogP contribution in [0.2, 0.25) is 0 Å². The molecule has 0 bridgehead atoms. The maximum Gasteiger partial charge on any atom is 0.387 e. The number of nitriles is 1. The quantitative estimate of drug-likeness (QED) is 0.307. The van der Waals surface area contributed by atoms with Crippen LogP contribution in [-0.4, -0.2) is 32.7 Å². The molecule has 1 amide bonds. The lowest BCUT2D eigenvalue weighted by Crippen LogP contribution is -2.14. The normalized spacial score (nSPS) is 13.6. The van der Waals surface area contributed by atoms with Crippen LogP contribution in [-0.2, 0) is 12.0 Å². The predicted molar refractivity (Wildman–Crippen MR) is 134 cm³/mol. The van der Waals surface area contributed by atoms with E-state index in [1.807, 2.05) is 6.07 Å². The summed E-state index contributed by atoms with van der Waals surface area (Å²) in [6.45, 7) is -1.15. The third-order valence-corrected chi connectivity index (χ3v) is 6.74. The minimum atomic E-state index is -3.02. The van der Waals surface area contributed by atoms with Crippen LogP contribution in [0.15, 0.2) is 54.9 Å². The second-order valence-corrected chi connectivity index (χ2v) is 9.53. The lowest BCUT2D eigenvalue weighted by atomic mass is 9.99. The molecule has 1 aromatic carbocycles. The van der Waals surface area contributed by atoms with Gasteiger partial charge in [0.2, 0.25) is 5.13 Å². The molecule has 0 radical (unpaired) electrons. The molecule has 12 heteroatoms. The van der Waals surface area contributed by atoms with Crippen molar-refractivity contribution >= 4 is 22.4 Å². The number of anilines is 1. The zero-order valence-corrected chi connectivity index (χ0v) is 20.8. The fraction of sp³-hybridized carbons (Fsp3) is 0.231. The monoisotopic (exact) mass is 534 g/mol. The highest BCUT2D eigenvalue weighted by molar-refractivity contribution is 7.17. The Kier molecular flexibility index (Phi) is 6.93. The van der Waals surface area contributed by atoms with Gasteiger partial charge in [0, 0.05) is 29.2 Å². The molecule has 1 fully saturated rings. The van der Waals surface area contributed by atoms with Crippen LogP contribution in [0.25, 0.3) is 11.1 Å². The van der Waals surface area contributed by atoms with Crippen LogP contribution in [0.3, 0.4) is 0 Å².